The van der Waals surface area contributed by atoms with Gasteiger partial charge >= 0.3 is 12.2 Å². The minimum absolute atomic E-state index is 0.0161. The fourth-order valence-electron chi connectivity index (χ4n) is 2.78. The topological polar surface area (TPSA) is 97.0 Å². The molecule has 28 heavy (non-hydrogen) atoms. The number of nitrogens with one attached hydrogen (secondary N) is 2. The second kappa shape index (κ2) is 9.47. The minimum atomic E-state index is -0.656. The molecule has 2 N–H and O–H groups in total. The summed E-state index contributed by atoms with van der Waals surface area (Å²) in [6.45, 7) is 7.85. The van der Waals surface area contributed by atoms with Crippen LogP contribution >= 0.6 is 22.9 Å². The standard InChI is InChI=1S/C18H26ClN3O5S/c1-5-20-16(24)26-10-12-8-11(9-22(12)17(25)27-18(2,3)4)21-15(23)13-6-7-14(19)28-13/h6-7,11-12H,5,8-10H2,1-4H3,(H,20,24)(H,21,23)/t11-,12+/m1/s1. The molecule has 0 aliphatic carbocycles. The third kappa shape index (κ3) is 6.56. The van der Waals surface area contributed by atoms with E-state index in [4.69, 9.17) is 21.1 Å². The monoisotopic (exact) mass is 431 g/mol. The summed E-state index contributed by atoms with van der Waals surface area (Å²) in [6, 6.07) is 2.63. The number of nitrogens with zero attached hydrogens (tertiary/aromatic N) is 1. The van der Waals surface area contributed by atoms with Crippen LogP contribution in [-0.2, 0) is 9.47 Å². The van der Waals surface area contributed by atoms with E-state index in [0.29, 0.717) is 22.2 Å². The smallest absolute Gasteiger partial charge is 0.410 e. The summed E-state index contributed by atoms with van der Waals surface area (Å²) in [5, 5.41) is 5.45. The molecule has 0 spiro atoms. The van der Waals surface area contributed by atoms with Gasteiger partial charge in [-0.05, 0) is 46.2 Å². The predicted octanol–water partition coefficient (Wildman–Crippen LogP) is 3.26. The number of likely N-dealkylation sites (tertiary alicyclic amines) is 1. The zero-order chi connectivity index (χ0) is 20.9. The first-order chi connectivity index (χ1) is 13.1. The lowest BCUT2D eigenvalue weighted by atomic mass is 10.2. The molecule has 1 aliphatic rings. The van der Waals surface area contributed by atoms with Crippen LogP contribution < -0.4 is 10.6 Å². The number of hydrogen-bond donors (Lipinski definition) is 2. The molecule has 2 heterocycles. The lowest BCUT2D eigenvalue weighted by Crippen LogP contribution is -2.43. The molecule has 0 unspecified atom stereocenters. The largest absolute Gasteiger partial charge is 0.447 e. The molecular weight excluding hydrogens is 406 g/mol. The van der Waals surface area contributed by atoms with Gasteiger partial charge < -0.3 is 20.1 Å². The molecule has 1 aromatic rings. The van der Waals surface area contributed by atoms with Crippen molar-refractivity contribution >= 4 is 41.0 Å². The summed E-state index contributed by atoms with van der Waals surface area (Å²) in [5.41, 5.74) is -0.656. The second-order valence-electron chi connectivity index (χ2n) is 7.43. The molecule has 8 nitrogen and oxygen atoms in total. The van der Waals surface area contributed by atoms with E-state index in [9.17, 15) is 14.4 Å². The molecule has 1 fully saturated rings. The van der Waals surface area contributed by atoms with Gasteiger partial charge in [0.15, 0.2) is 0 Å². The van der Waals surface area contributed by atoms with Gasteiger partial charge in [-0.15, -0.1) is 11.3 Å². The van der Waals surface area contributed by atoms with E-state index in [-0.39, 0.29) is 25.1 Å². The summed E-state index contributed by atoms with van der Waals surface area (Å²) in [7, 11) is 0. The van der Waals surface area contributed by atoms with Crippen LogP contribution in [0.5, 0.6) is 0 Å². The number of carbonyl (C=O) groups is 3. The summed E-state index contributed by atoms with van der Waals surface area (Å²) in [6.07, 6.45) is -0.607. The Morgan fingerprint density at radius 3 is 2.61 bits per heavy atom. The summed E-state index contributed by atoms with van der Waals surface area (Å²) in [5.74, 6) is -0.253. The molecule has 10 heteroatoms. The molecule has 0 saturated carbocycles. The highest BCUT2D eigenvalue weighted by Gasteiger charge is 2.39. The summed E-state index contributed by atoms with van der Waals surface area (Å²) >= 11 is 7.07. The molecular formula is C18H26ClN3O5S. The molecule has 2 rings (SSSR count). The Morgan fingerprint density at radius 2 is 2.04 bits per heavy atom. The molecule has 0 radical (unpaired) electrons. The van der Waals surface area contributed by atoms with Crippen LogP contribution in [0.1, 0.15) is 43.8 Å². The SMILES string of the molecule is CCNC(=O)OC[C@@H]1C[C@@H](NC(=O)c2ccc(Cl)s2)CN1C(=O)OC(C)(C)C. The zero-order valence-corrected chi connectivity index (χ0v) is 18.0. The first-order valence-corrected chi connectivity index (χ1v) is 10.2. The fraction of sp³-hybridized carbons (Fsp3) is 0.611. The third-order valence-electron chi connectivity index (χ3n) is 3.90. The zero-order valence-electron chi connectivity index (χ0n) is 16.4. The average Bonchev–Trinajstić information content (AvgIpc) is 3.18. The lowest BCUT2D eigenvalue weighted by molar-refractivity contribution is 0.0157. The minimum Gasteiger partial charge on any atom is -0.447 e. The number of amides is 3. The lowest BCUT2D eigenvalue weighted by Gasteiger charge is -2.28. The van der Waals surface area contributed by atoms with Gasteiger partial charge in [-0.1, -0.05) is 11.6 Å². The Hall–Kier alpha value is -2.00. The molecule has 0 bridgehead atoms. The quantitative estimate of drug-likeness (QED) is 0.745. The van der Waals surface area contributed by atoms with Crippen molar-refractivity contribution in [3.8, 4) is 0 Å². The van der Waals surface area contributed by atoms with Crippen molar-refractivity contribution < 1.29 is 23.9 Å². The number of thiophene rings is 1. The van der Waals surface area contributed by atoms with E-state index < -0.39 is 23.8 Å². The van der Waals surface area contributed by atoms with E-state index in [1.165, 1.54) is 16.2 Å². The highest BCUT2D eigenvalue weighted by molar-refractivity contribution is 7.18. The van der Waals surface area contributed by atoms with Crippen LogP contribution in [0.15, 0.2) is 12.1 Å². The first kappa shape index (κ1) is 22.3. The van der Waals surface area contributed by atoms with E-state index >= 15 is 0 Å². The summed E-state index contributed by atoms with van der Waals surface area (Å²) < 4.78 is 11.2. The Labute approximate surface area is 173 Å². The molecule has 1 aliphatic heterocycles. The van der Waals surface area contributed by atoms with E-state index in [1.807, 2.05) is 0 Å². The van der Waals surface area contributed by atoms with Gasteiger partial charge in [0, 0.05) is 19.1 Å². The molecule has 156 valence electrons. The van der Waals surface area contributed by atoms with Crippen LogP contribution in [0, 0.1) is 0 Å². The highest BCUT2D eigenvalue weighted by atomic mass is 35.5. The maximum absolute atomic E-state index is 12.6. The van der Waals surface area contributed by atoms with E-state index in [2.05, 4.69) is 10.6 Å². The molecule has 2 atom stereocenters. The molecule has 1 saturated heterocycles. The van der Waals surface area contributed by atoms with E-state index in [0.717, 1.165) is 0 Å². The van der Waals surface area contributed by atoms with Gasteiger partial charge in [0.1, 0.15) is 12.2 Å². The fourth-order valence-corrected chi connectivity index (χ4v) is 3.73. The van der Waals surface area contributed by atoms with Crippen LogP contribution in [-0.4, -0.2) is 60.4 Å². The maximum atomic E-state index is 12.6. The predicted molar refractivity (Wildman–Crippen MR) is 107 cm³/mol. The van der Waals surface area contributed by atoms with Crippen LogP contribution in [0.3, 0.4) is 0 Å². The van der Waals surface area contributed by atoms with Crippen molar-refractivity contribution in [3.05, 3.63) is 21.3 Å². The molecule has 3 amide bonds. The number of ether oxygens (including phenoxy) is 2. The number of carbonyl (C=O) groups excluding carboxylic acids is 3. The van der Waals surface area contributed by atoms with Gasteiger partial charge in [-0.3, -0.25) is 9.69 Å². The summed E-state index contributed by atoms with van der Waals surface area (Å²) in [4.78, 5) is 38.5. The number of hydrogen-bond acceptors (Lipinski definition) is 6. The normalized spacial score (nSPS) is 19.2. The number of halogens is 1. The van der Waals surface area contributed by atoms with Gasteiger partial charge in [0.05, 0.1) is 15.3 Å². The van der Waals surface area contributed by atoms with Crippen molar-refractivity contribution in [3.63, 3.8) is 0 Å². The Balaban J connectivity index is 2.03. The van der Waals surface area contributed by atoms with Gasteiger partial charge in [0.2, 0.25) is 0 Å². The van der Waals surface area contributed by atoms with Crippen LogP contribution in [0.2, 0.25) is 4.34 Å². The van der Waals surface area contributed by atoms with Gasteiger partial charge in [-0.2, -0.15) is 0 Å². The Kier molecular flexibility index (Phi) is 7.54. The van der Waals surface area contributed by atoms with Crippen molar-refractivity contribution in [1.29, 1.82) is 0 Å². The Bertz CT molecular complexity index is 718. The highest BCUT2D eigenvalue weighted by Crippen LogP contribution is 2.24. The first-order valence-electron chi connectivity index (χ1n) is 9.05. The van der Waals surface area contributed by atoms with Gasteiger partial charge in [0.25, 0.3) is 5.91 Å². The van der Waals surface area contributed by atoms with Crippen LogP contribution in [0.25, 0.3) is 0 Å². The van der Waals surface area contributed by atoms with Crippen LogP contribution in [0.4, 0.5) is 9.59 Å². The molecule has 1 aromatic heterocycles. The number of rotatable bonds is 5. The van der Waals surface area contributed by atoms with Crippen molar-refractivity contribution in [2.75, 3.05) is 19.7 Å². The van der Waals surface area contributed by atoms with Crippen molar-refractivity contribution in [1.82, 2.24) is 15.5 Å². The van der Waals surface area contributed by atoms with Gasteiger partial charge in [-0.25, -0.2) is 9.59 Å². The third-order valence-corrected chi connectivity index (χ3v) is 5.13. The van der Waals surface area contributed by atoms with Crippen molar-refractivity contribution in [2.45, 2.75) is 51.8 Å². The molecule has 0 aromatic carbocycles. The Morgan fingerprint density at radius 1 is 1.32 bits per heavy atom. The maximum Gasteiger partial charge on any atom is 0.410 e. The average molecular weight is 432 g/mol. The second-order valence-corrected chi connectivity index (χ2v) is 9.14. The van der Waals surface area contributed by atoms with E-state index in [1.54, 1.807) is 39.8 Å². The van der Waals surface area contributed by atoms with Crippen molar-refractivity contribution in [2.24, 2.45) is 0 Å². The number of alkyl carbamates (subject to hydrolysis) is 1.